The molecule has 6 aromatic rings. The van der Waals surface area contributed by atoms with Gasteiger partial charge in [0.05, 0.1) is 41.2 Å². The Morgan fingerprint density at radius 3 is 1.69 bits per heavy atom. The average molecular weight is 800 g/mol. The van der Waals surface area contributed by atoms with Crippen LogP contribution in [0, 0.1) is 48.4 Å². The van der Waals surface area contributed by atoms with Crippen molar-refractivity contribution in [2.75, 3.05) is 0 Å². The van der Waals surface area contributed by atoms with Crippen LogP contribution < -0.4 is 11.1 Å². The molecule has 0 aliphatic heterocycles. The quantitative estimate of drug-likeness (QED) is 0.130. The van der Waals surface area contributed by atoms with Gasteiger partial charge in [0.2, 0.25) is 5.91 Å². The van der Waals surface area contributed by atoms with Crippen LogP contribution in [0.25, 0.3) is 22.1 Å². The predicted molar refractivity (Wildman–Crippen MR) is 216 cm³/mol. The fourth-order valence-corrected chi connectivity index (χ4v) is 6.37. The van der Waals surface area contributed by atoms with Crippen LogP contribution in [0.3, 0.4) is 0 Å². The first-order chi connectivity index (χ1) is 27.0. The SMILES string of the molecule is Cc1cc(C(C)(C)C#N)ccc1C(C)NC(=O)Cn1cnc2ccc(F)c(F)c21.Cc1cc(C(C)(C)C)ccc1C(C)N.O=C(O)Cn1cnc2ccc(F)c(F)c21. The summed E-state index contributed by atoms with van der Waals surface area (Å²) in [5.41, 5.74) is 12.6. The van der Waals surface area contributed by atoms with Crippen molar-refractivity contribution in [1.82, 2.24) is 24.4 Å². The number of benzene rings is 4. The Morgan fingerprint density at radius 1 is 0.776 bits per heavy atom. The summed E-state index contributed by atoms with van der Waals surface area (Å²) in [6.45, 7) is 17.7. The maximum absolute atomic E-state index is 14.1. The van der Waals surface area contributed by atoms with E-state index in [0.717, 1.165) is 33.4 Å². The summed E-state index contributed by atoms with van der Waals surface area (Å²) >= 11 is 0. The van der Waals surface area contributed by atoms with Gasteiger partial charge < -0.3 is 25.3 Å². The molecule has 0 radical (unpaired) electrons. The number of carbonyl (C=O) groups excluding carboxylic acids is 1. The van der Waals surface area contributed by atoms with Crippen molar-refractivity contribution >= 4 is 33.9 Å². The van der Waals surface area contributed by atoms with E-state index < -0.39 is 41.2 Å². The van der Waals surface area contributed by atoms with Gasteiger partial charge in [-0.3, -0.25) is 9.59 Å². The number of hydrogen-bond donors (Lipinski definition) is 3. The lowest BCUT2D eigenvalue weighted by molar-refractivity contribution is -0.137. The first-order valence-corrected chi connectivity index (χ1v) is 18.5. The first kappa shape index (κ1) is 44.6. The number of nitrogens with two attached hydrogens (primary N) is 1. The van der Waals surface area contributed by atoms with Crippen LogP contribution in [0.5, 0.6) is 0 Å². The lowest BCUT2D eigenvalue weighted by atomic mass is 9.84. The molecule has 2 unspecified atom stereocenters. The van der Waals surface area contributed by atoms with Crippen LogP contribution in [0.2, 0.25) is 0 Å². The molecule has 0 aliphatic rings. The summed E-state index contributed by atoms with van der Waals surface area (Å²) in [5, 5.41) is 20.7. The van der Waals surface area contributed by atoms with E-state index in [4.69, 9.17) is 10.8 Å². The predicted octanol–water partition coefficient (Wildman–Crippen LogP) is 9.01. The second-order valence-corrected chi connectivity index (χ2v) is 15.8. The summed E-state index contributed by atoms with van der Waals surface area (Å²) < 4.78 is 56.2. The van der Waals surface area contributed by atoms with E-state index in [2.05, 4.69) is 67.2 Å². The van der Waals surface area contributed by atoms with Gasteiger partial charge in [-0.05, 0) is 105 Å². The fraction of sp³-hybridized carbons (Fsp3) is 0.341. The lowest BCUT2D eigenvalue weighted by Crippen LogP contribution is -2.30. The number of hydrogen-bond acceptors (Lipinski definition) is 6. The van der Waals surface area contributed by atoms with Gasteiger partial charge in [-0.2, -0.15) is 5.26 Å². The normalized spacial score (nSPS) is 12.5. The van der Waals surface area contributed by atoms with Crippen molar-refractivity contribution in [1.29, 1.82) is 5.26 Å². The van der Waals surface area contributed by atoms with Gasteiger partial charge in [0, 0.05) is 6.04 Å². The highest BCUT2D eigenvalue weighted by Gasteiger charge is 2.22. The molecule has 58 heavy (non-hydrogen) atoms. The molecular weight excluding hydrogens is 751 g/mol. The van der Waals surface area contributed by atoms with Crippen molar-refractivity contribution in [2.45, 2.75) is 98.3 Å². The number of aryl methyl sites for hydroxylation is 2. The van der Waals surface area contributed by atoms with E-state index in [1.54, 1.807) is 0 Å². The molecule has 0 saturated carbocycles. The number of carbonyl (C=O) groups is 2. The monoisotopic (exact) mass is 799 g/mol. The maximum Gasteiger partial charge on any atom is 0.323 e. The molecule has 2 heterocycles. The number of nitrogens with one attached hydrogen (secondary N) is 1. The highest BCUT2D eigenvalue weighted by molar-refractivity contribution is 5.81. The summed E-state index contributed by atoms with van der Waals surface area (Å²) in [4.78, 5) is 30.7. The number of aliphatic carboxylic acids is 1. The maximum atomic E-state index is 14.1. The smallest absolute Gasteiger partial charge is 0.323 e. The molecule has 14 heteroatoms. The Labute approximate surface area is 335 Å². The summed E-state index contributed by atoms with van der Waals surface area (Å²) in [6.07, 6.45) is 2.49. The van der Waals surface area contributed by atoms with Crippen molar-refractivity contribution in [2.24, 2.45) is 5.73 Å². The number of aromatic nitrogens is 4. The van der Waals surface area contributed by atoms with E-state index in [-0.39, 0.29) is 52.0 Å². The molecule has 0 fully saturated rings. The topological polar surface area (TPSA) is 152 Å². The molecule has 4 aromatic carbocycles. The molecule has 0 spiro atoms. The lowest BCUT2D eigenvalue weighted by Gasteiger charge is -2.21. The third-order valence-corrected chi connectivity index (χ3v) is 9.70. The third-order valence-electron chi connectivity index (χ3n) is 9.70. The van der Waals surface area contributed by atoms with Crippen molar-refractivity contribution < 1.29 is 32.3 Å². The average Bonchev–Trinajstić information content (AvgIpc) is 3.75. The van der Waals surface area contributed by atoms with Crippen LogP contribution in [-0.4, -0.2) is 36.1 Å². The Morgan fingerprint density at radius 2 is 1.24 bits per heavy atom. The van der Waals surface area contributed by atoms with E-state index in [1.165, 1.54) is 46.0 Å². The molecule has 4 N–H and O–H groups in total. The standard InChI is InChI=1S/C22H22F2N4O.C13H21N.C9H6F2N2O2/c1-13-9-15(22(3,4)11-25)5-6-16(13)14(2)27-19(29)10-28-12-26-18-8-7-17(23)20(24)21(18)28;1-9-8-11(13(3,4)5)6-7-12(9)10(2)14;10-5-1-2-6-9(8(5)11)13(4-12-6)3-7(14)15/h5-9,12,14H,10H2,1-4H3,(H,27,29);6-8,10H,14H2,1-5H3;1-2,4H,3H2,(H,14,15). The second kappa shape index (κ2) is 18.0. The number of fused-ring (bicyclic) bond motifs is 2. The zero-order valence-corrected chi connectivity index (χ0v) is 34.1. The zero-order chi connectivity index (χ0) is 43.3. The van der Waals surface area contributed by atoms with Crippen LogP contribution in [0.1, 0.15) is 93.9 Å². The molecule has 10 nitrogen and oxygen atoms in total. The summed E-state index contributed by atoms with van der Waals surface area (Å²) in [5.74, 6) is -5.59. The number of halogens is 4. The number of rotatable bonds is 8. The number of carboxylic acid groups (broad SMARTS) is 1. The minimum Gasteiger partial charge on any atom is -0.480 e. The molecule has 306 valence electrons. The largest absolute Gasteiger partial charge is 0.480 e. The van der Waals surface area contributed by atoms with Gasteiger partial charge in [0.1, 0.15) is 24.1 Å². The van der Waals surface area contributed by atoms with Crippen LogP contribution in [0.15, 0.2) is 73.3 Å². The molecule has 0 bridgehead atoms. The number of amides is 1. The molecule has 0 saturated heterocycles. The van der Waals surface area contributed by atoms with E-state index in [9.17, 15) is 32.4 Å². The van der Waals surface area contributed by atoms with Crippen LogP contribution in [-0.2, 0) is 33.5 Å². The molecule has 2 aromatic heterocycles. The number of imidazole rings is 2. The third kappa shape index (κ3) is 10.5. The van der Waals surface area contributed by atoms with E-state index in [1.807, 2.05) is 52.8 Å². The molecule has 6 rings (SSSR count). The van der Waals surface area contributed by atoms with Crippen molar-refractivity contribution in [3.05, 3.63) is 130 Å². The van der Waals surface area contributed by atoms with Gasteiger partial charge in [-0.25, -0.2) is 27.5 Å². The van der Waals surface area contributed by atoms with Crippen molar-refractivity contribution in [3.63, 3.8) is 0 Å². The van der Waals surface area contributed by atoms with Crippen molar-refractivity contribution in [3.8, 4) is 6.07 Å². The molecule has 2 atom stereocenters. The van der Waals surface area contributed by atoms with Gasteiger partial charge in [-0.1, -0.05) is 57.2 Å². The Bertz CT molecular complexity index is 2490. The van der Waals surface area contributed by atoms with E-state index in [0.29, 0.717) is 0 Å². The minimum atomic E-state index is -1.14. The Balaban J connectivity index is 0.000000215. The number of carboxylic acids is 1. The highest BCUT2D eigenvalue weighted by atomic mass is 19.2. The van der Waals surface area contributed by atoms with Crippen LogP contribution >= 0.6 is 0 Å². The summed E-state index contributed by atoms with van der Waals surface area (Å²) in [6, 6.07) is 19.1. The Kier molecular flexibility index (Phi) is 13.9. The van der Waals surface area contributed by atoms with Gasteiger partial charge >= 0.3 is 5.97 Å². The highest BCUT2D eigenvalue weighted by Crippen LogP contribution is 2.28. The van der Waals surface area contributed by atoms with Crippen LogP contribution in [0.4, 0.5) is 17.6 Å². The number of nitrogens with zero attached hydrogens (tertiary/aromatic N) is 5. The molecular formula is C44H49F4N7O3. The summed E-state index contributed by atoms with van der Waals surface area (Å²) in [7, 11) is 0. The van der Waals surface area contributed by atoms with E-state index >= 15 is 0 Å². The first-order valence-electron chi connectivity index (χ1n) is 18.5. The fourth-order valence-electron chi connectivity index (χ4n) is 6.37. The Hall–Kier alpha value is -6.07. The van der Waals surface area contributed by atoms with Gasteiger partial charge in [-0.15, -0.1) is 0 Å². The second-order valence-electron chi connectivity index (χ2n) is 15.8. The zero-order valence-electron chi connectivity index (χ0n) is 34.1. The number of nitriles is 1. The minimum absolute atomic E-state index is 0.0351. The van der Waals surface area contributed by atoms with Gasteiger partial charge in [0.15, 0.2) is 23.3 Å². The molecule has 1 amide bonds. The van der Waals surface area contributed by atoms with Gasteiger partial charge in [0.25, 0.3) is 0 Å². The molecule has 0 aliphatic carbocycles.